The Morgan fingerprint density at radius 3 is 1.75 bits per heavy atom. The molecule has 2 aliphatic carbocycles. The smallest absolute Gasteiger partial charge is 0.339 e. The first-order chi connectivity index (χ1) is 30.2. The quantitative estimate of drug-likeness (QED) is 0.0365. The molecule has 64 heavy (non-hydrogen) atoms. The van der Waals surface area contributed by atoms with Crippen molar-refractivity contribution in [1.82, 2.24) is 21.3 Å². The molecule has 0 saturated carbocycles. The Morgan fingerprint density at radius 1 is 0.797 bits per heavy atom. The maximum atomic E-state index is 13.5. The van der Waals surface area contributed by atoms with Crippen LogP contribution in [0, 0.1) is 23.7 Å². The largest absolute Gasteiger partial charge is 0.453 e. The van der Waals surface area contributed by atoms with Gasteiger partial charge in [-0.05, 0) is 65.2 Å². The highest BCUT2D eigenvalue weighted by Crippen LogP contribution is 2.54. The maximum Gasteiger partial charge on any atom is 0.339 e. The number of thioether (sulfide) groups is 1. The van der Waals surface area contributed by atoms with Crippen LogP contribution in [-0.4, -0.2) is 132 Å². The molecule has 3 fully saturated rings. The summed E-state index contributed by atoms with van der Waals surface area (Å²) in [4.78, 5) is 72.7. The lowest BCUT2D eigenvalue weighted by Crippen LogP contribution is -2.80. The molecule has 4 amide bonds. The number of nitrogens with one attached hydrogen (secondary N) is 4. The molecule has 3 heterocycles. The summed E-state index contributed by atoms with van der Waals surface area (Å²) in [7, 11) is 0. The van der Waals surface area contributed by atoms with Gasteiger partial charge in [-0.1, -0.05) is 88.4 Å². The third kappa shape index (κ3) is 12.3. The van der Waals surface area contributed by atoms with Crippen molar-refractivity contribution in [1.29, 1.82) is 0 Å². The van der Waals surface area contributed by atoms with Gasteiger partial charge in [0.25, 0.3) is 0 Å². The highest BCUT2D eigenvalue weighted by molar-refractivity contribution is 8.13. The normalized spacial score (nSPS) is 32.1. The molecule has 0 aromatic carbocycles. The summed E-state index contributed by atoms with van der Waals surface area (Å²) in [5.74, 6) is -3.61. The molecule has 0 bridgehead atoms. The zero-order chi connectivity index (χ0) is 47.9. The van der Waals surface area contributed by atoms with Crippen molar-refractivity contribution in [3.05, 3.63) is 24.3 Å². The summed E-state index contributed by atoms with van der Waals surface area (Å²) in [5, 5.41) is 65.3. The average molecular weight is 941 g/mol. The fourth-order valence-corrected chi connectivity index (χ4v) is 11.0. The van der Waals surface area contributed by atoms with E-state index in [0.29, 0.717) is 38.0 Å². The van der Waals surface area contributed by atoms with Crippen LogP contribution in [0.5, 0.6) is 0 Å². The second-order valence-corrected chi connectivity index (χ2v) is 19.6. The molecule has 18 heteroatoms. The highest BCUT2D eigenvalue weighted by Gasteiger charge is 2.80. The van der Waals surface area contributed by atoms with Gasteiger partial charge in [0.2, 0.25) is 34.3 Å². The van der Waals surface area contributed by atoms with Gasteiger partial charge in [0.1, 0.15) is 11.5 Å². The fourth-order valence-electron chi connectivity index (χ4n) is 9.85. The molecule has 0 aromatic heterocycles. The monoisotopic (exact) mass is 940 g/mol. The van der Waals surface area contributed by atoms with Crippen LogP contribution in [-0.2, 0) is 33.5 Å². The van der Waals surface area contributed by atoms with Crippen molar-refractivity contribution >= 4 is 59.1 Å². The minimum atomic E-state index is -2.00. The Kier molecular flexibility index (Phi) is 21.8. The highest BCUT2D eigenvalue weighted by atomic mass is 32.2. The number of carbonyl (C=O) groups excluding carboxylic acids is 6. The molecule has 5 aliphatic rings. The molecule has 3 saturated heterocycles. The van der Waals surface area contributed by atoms with Crippen molar-refractivity contribution in [2.75, 3.05) is 24.6 Å². The predicted molar refractivity (Wildman–Crippen MR) is 248 cm³/mol. The summed E-state index contributed by atoms with van der Waals surface area (Å²) in [6, 6.07) is 0. The number of fused-ring (bicyclic) bond motifs is 1. The lowest BCUT2D eigenvalue weighted by molar-refractivity contribution is -0.243. The van der Waals surface area contributed by atoms with E-state index in [-0.39, 0.29) is 30.0 Å². The SMILES string of the molecule is CC(=O)NCCS.CCCCCC(O)[C@H]1C(=O)N[C@@]2([C@@H](O)[C@@H]3C=CCCC3)C(=O)O[C@@]12C.CCCCCC(O)[C@H]1C(=O)N[C@](C(=O)SCCNC(C)=O)([C@@H](O)[C@@H]2C=CCCC2)[C@@]1(C)O. The number of esters is 1. The van der Waals surface area contributed by atoms with Gasteiger partial charge >= 0.3 is 5.97 Å². The minimum Gasteiger partial charge on any atom is -0.453 e. The van der Waals surface area contributed by atoms with E-state index >= 15 is 0 Å². The van der Waals surface area contributed by atoms with Crippen molar-refractivity contribution in [3.63, 3.8) is 0 Å². The van der Waals surface area contributed by atoms with Crippen LogP contribution in [0.2, 0.25) is 0 Å². The number of aliphatic hydroxyl groups is 5. The molecular weight excluding hydrogens is 865 g/mol. The number of amides is 4. The number of allylic oxidation sites excluding steroid dienone is 2. The van der Waals surface area contributed by atoms with Crippen molar-refractivity contribution in [2.24, 2.45) is 23.7 Å². The van der Waals surface area contributed by atoms with Crippen LogP contribution in [0.4, 0.5) is 0 Å². The van der Waals surface area contributed by atoms with E-state index in [1.54, 1.807) is 6.92 Å². The molecule has 0 radical (unpaired) electrons. The third-order valence-corrected chi connectivity index (χ3v) is 14.6. The van der Waals surface area contributed by atoms with Crippen LogP contribution in [0.25, 0.3) is 0 Å². The first-order valence-electron chi connectivity index (χ1n) is 23.2. The van der Waals surface area contributed by atoms with Crippen LogP contribution < -0.4 is 21.3 Å². The summed E-state index contributed by atoms with van der Waals surface area (Å²) in [6.45, 7) is 10.9. The molecule has 2 unspecified atom stereocenters. The predicted octanol–water partition coefficient (Wildman–Crippen LogP) is 2.77. The van der Waals surface area contributed by atoms with Gasteiger partial charge in [0.15, 0.2) is 11.1 Å². The molecule has 3 aliphatic heterocycles. The van der Waals surface area contributed by atoms with Crippen molar-refractivity contribution < 1.29 is 59.0 Å². The first-order valence-corrected chi connectivity index (χ1v) is 24.8. The first kappa shape index (κ1) is 55.3. The Morgan fingerprint density at radius 2 is 1.30 bits per heavy atom. The molecular formula is C46H76N4O12S2. The number of hydrogen-bond acceptors (Lipinski definition) is 14. The van der Waals surface area contributed by atoms with Crippen molar-refractivity contribution in [2.45, 2.75) is 178 Å². The van der Waals surface area contributed by atoms with Crippen molar-refractivity contribution in [3.8, 4) is 0 Å². The summed E-state index contributed by atoms with van der Waals surface area (Å²) < 4.78 is 5.41. The Balaban J connectivity index is 0.000000302. The fraction of sp³-hybridized carbons (Fsp3) is 0.783. The zero-order valence-corrected chi connectivity index (χ0v) is 40.3. The van der Waals surface area contributed by atoms with Gasteiger partial charge in [-0.25, -0.2) is 4.79 Å². The number of unbranched alkanes of at least 4 members (excludes halogenated alkanes) is 4. The van der Waals surface area contributed by atoms with Crippen LogP contribution in [0.15, 0.2) is 24.3 Å². The van der Waals surface area contributed by atoms with Crippen LogP contribution in [0.3, 0.4) is 0 Å². The minimum absolute atomic E-state index is 0.00838. The number of aliphatic hydroxyl groups excluding tert-OH is 4. The Bertz CT molecular complexity index is 1670. The average Bonchev–Trinajstić information content (AvgIpc) is 3.59. The van der Waals surface area contributed by atoms with Gasteiger partial charge < -0.3 is 51.5 Å². The van der Waals surface area contributed by atoms with E-state index in [0.717, 1.165) is 76.0 Å². The van der Waals surface area contributed by atoms with E-state index < -0.39 is 87.3 Å². The van der Waals surface area contributed by atoms with E-state index in [4.69, 9.17) is 4.74 Å². The molecule has 16 nitrogen and oxygen atoms in total. The molecule has 0 spiro atoms. The molecule has 0 aromatic rings. The molecule has 5 rings (SSSR count). The van der Waals surface area contributed by atoms with Crippen LogP contribution in [0.1, 0.15) is 131 Å². The number of carbonyl (C=O) groups is 6. The van der Waals surface area contributed by atoms with E-state index in [1.807, 2.05) is 31.2 Å². The van der Waals surface area contributed by atoms with E-state index in [2.05, 4.69) is 40.8 Å². The van der Waals surface area contributed by atoms with Crippen LogP contribution >= 0.6 is 24.4 Å². The summed E-state index contributed by atoms with van der Waals surface area (Å²) in [6.07, 6.45) is 14.4. The van der Waals surface area contributed by atoms with E-state index in [9.17, 15) is 54.3 Å². The standard InChI is InChI=1S/C23H38N2O6S.C19H29NO5.C4H9NOS/c1-4-5-7-12-17(27)18-20(29)25-23(22(18,3)31,19(28)16-10-8-6-9-11-16)21(30)32-14-13-24-15(2)26;1-3-4-6-11-13(21)14-16(23)20-19(17(24)25-18(14,19)2)15(22)12-9-7-5-8-10-12;1-4(6)5-2-3-7/h8,10,16-19,27-28,31H,4-7,9,11-14H2,1-3H3,(H,24,26)(H,25,29);7,9,12-15,21-22H,3-6,8,10-11H2,1-2H3,(H,20,23);7H,2-3H2,1H3,(H,5,6)/t16-,17?,18+,19+,22+,23+;12-,13?,14+,15+,18+,19+;/m11./s1. The second kappa shape index (κ2) is 25.2. The van der Waals surface area contributed by atoms with Gasteiger partial charge in [-0.2, -0.15) is 12.6 Å². The number of rotatable bonds is 20. The number of hydrogen-bond donors (Lipinski definition) is 10. The lowest BCUT2D eigenvalue weighted by Gasteiger charge is -2.55. The topological polar surface area (TPSA) is 261 Å². The van der Waals surface area contributed by atoms with Gasteiger partial charge in [-0.3, -0.25) is 24.0 Å². The van der Waals surface area contributed by atoms with Gasteiger partial charge in [0.05, 0.1) is 30.3 Å². The molecule has 364 valence electrons. The molecule has 9 N–H and O–H groups in total. The Labute approximate surface area is 388 Å². The van der Waals surface area contributed by atoms with Gasteiger partial charge in [0, 0.05) is 50.3 Å². The van der Waals surface area contributed by atoms with E-state index in [1.165, 1.54) is 20.8 Å². The third-order valence-electron chi connectivity index (χ3n) is 13.4. The number of thiol groups is 1. The Hall–Kier alpha value is -3.00. The molecule has 12 atom stereocenters. The zero-order valence-electron chi connectivity index (χ0n) is 38.6. The maximum absolute atomic E-state index is 13.5. The number of ether oxygens (including phenoxy) is 1. The lowest BCUT2D eigenvalue weighted by atomic mass is 9.64. The van der Waals surface area contributed by atoms with Gasteiger partial charge in [-0.15, -0.1) is 0 Å². The second-order valence-electron chi connectivity index (χ2n) is 18.1. The summed E-state index contributed by atoms with van der Waals surface area (Å²) in [5.41, 5.74) is -6.63. The summed E-state index contributed by atoms with van der Waals surface area (Å²) >= 11 is 4.73.